The molecule has 7 heteroatoms. The predicted octanol–water partition coefficient (Wildman–Crippen LogP) is 3.01. The Hall–Kier alpha value is -2.54. The number of carbonyl (C=O) groups is 4. The second kappa shape index (κ2) is 6.32. The molecule has 0 aromatic heterocycles. The Morgan fingerprint density at radius 3 is 2.24 bits per heavy atom. The van der Waals surface area contributed by atoms with Crippen LogP contribution in [0.15, 0.2) is 35.5 Å². The first-order valence-corrected chi connectivity index (χ1v) is 11.2. The van der Waals surface area contributed by atoms with E-state index < -0.39 is 56.4 Å². The van der Waals surface area contributed by atoms with E-state index in [2.05, 4.69) is 6.58 Å². The van der Waals surface area contributed by atoms with Gasteiger partial charge in [-0.05, 0) is 59.5 Å². The van der Waals surface area contributed by atoms with Crippen molar-refractivity contribution in [2.24, 2.45) is 21.7 Å². The number of cyclic esters (lactones) is 1. The van der Waals surface area contributed by atoms with Crippen LogP contribution in [0, 0.1) is 21.7 Å². The van der Waals surface area contributed by atoms with Gasteiger partial charge in [0.1, 0.15) is 5.60 Å². The molecule has 1 N–H and O–H groups in total. The number of methoxy groups -OCH3 is 1. The van der Waals surface area contributed by atoms with Gasteiger partial charge in [-0.1, -0.05) is 30.7 Å². The number of allylic oxidation sites excluding steroid dienone is 1. The van der Waals surface area contributed by atoms with Crippen LogP contribution in [0.3, 0.4) is 0 Å². The number of hydrogen-bond donors (Lipinski definition) is 1. The van der Waals surface area contributed by atoms with Crippen LogP contribution in [0.5, 0.6) is 0 Å². The number of aliphatic hydroxyl groups is 1. The molecule has 33 heavy (non-hydrogen) atoms. The second-order valence-electron chi connectivity index (χ2n) is 11.1. The van der Waals surface area contributed by atoms with Gasteiger partial charge in [0.2, 0.25) is 0 Å². The minimum Gasteiger partial charge on any atom is -0.468 e. The van der Waals surface area contributed by atoms with Crippen LogP contribution < -0.4 is 0 Å². The molecule has 4 aliphatic rings. The van der Waals surface area contributed by atoms with Gasteiger partial charge in [-0.15, -0.1) is 0 Å². The highest BCUT2D eigenvalue weighted by Crippen LogP contribution is 2.72. The lowest BCUT2D eigenvalue weighted by Gasteiger charge is -2.65. The maximum Gasteiger partial charge on any atom is 0.331 e. The SMILES string of the molecule is C=C1[C@]2(C)CC3=C(C)[C@]4(C=CC(=O)OC4(C)C)CC[C@]3(C)[C@@]1(C(=O)OC)C(=O)[C@@](C)(O)C2=O. The Morgan fingerprint density at radius 2 is 1.70 bits per heavy atom. The number of esters is 2. The van der Waals surface area contributed by atoms with Crippen molar-refractivity contribution in [2.75, 3.05) is 7.11 Å². The fraction of sp³-hybridized carbons (Fsp3) is 0.615. The highest BCUT2D eigenvalue weighted by molar-refractivity contribution is 6.26. The minimum atomic E-state index is -2.35. The Labute approximate surface area is 193 Å². The predicted molar refractivity (Wildman–Crippen MR) is 119 cm³/mol. The van der Waals surface area contributed by atoms with Crippen molar-refractivity contribution >= 4 is 23.5 Å². The van der Waals surface area contributed by atoms with Crippen molar-refractivity contribution < 1.29 is 33.8 Å². The summed E-state index contributed by atoms with van der Waals surface area (Å²) < 4.78 is 10.9. The Kier molecular flexibility index (Phi) is 4.52. The first-order chi connectivity index (χ1) is 15.0. The summed E-state index contributed by atoms with van der Waals surface area (Å²) in [6.07, 6.45) is 4.33. The van der Waals surface area contributed by atoms with Crippen molar-refractivity contribution in [3.63, 3.8) is 0 Å². The van der Waals surface area contributed by atoms with Gasteiger partial charge in [-0.25, -0.2) is 4.79 Å². The largest absolute Gasteiger partial charge is 0.468 e. The third-order valence-electron chi connectivity index (χ3n) is 9.44. The van der Waals surface area contributed by atoms with E-state index in [4.69, 9.17) is 9.47 Å². The molecule has 0 radical (unpaired) electrons. The van der Waals surface area contributed by atoms with Crippen molar-refractivity contribution in [3.8, 4) is 0 Å². The Bertz CT molecular complexity index is 1100. The summed E-state index contributed by atoms with van der Waals surface area (Å²) in [6, 6.07) is 0. The van der Waals surface area contributed by atoms with Gasteiger partial charge in [0.25, 0.3) is 0 Å². The maximum atomic E-state index is 13.9. The topological polar surface area (TPSA) is 107 Å². The zero-order chi connectivity index (χ0) is 25.0. The molecule has 0 aromatic rings. The van der Waals surface area contributed by atoms with E-state index in [1.165, 1.54) is 20.1 Å². The molecule has 2 bridgehead atoms. The van der Waals surface area contributed by atoms with Gasteiger partial charge in [0, 0.05) is 16.9 Å². The van der Waals surface area contributed by atoms with Crippen LogP contribution in [0.1, 0.15) is 60.8 Å². The molecule has 1 aliphatic heterocycles. The molecule has 0 unspecified atom stereocenters. The summed E-state index contributed by atoms with van der Waals surface area (Å²) in [6.45, 7) is 14.4. The van der Waals surface area contributed by atoms with Crippen LogP contribution in [0.25, 0.3) is 0 Å². The molecule has 2 saturated carbocycles. The van der Waals surface area contributed by atoms with Gasteiger partial charge >= 0.3 is 11.9 Å². The highest BCUT2D eigenvalue weighted by atomic mass is 16.6. The molecule has 0 amide bonds. The molecule has 1 spiro atoms. The molecule has 4 rings (SSSR count). The Morgan fingerprint density at radius 1 is 1.09 bits per heavy atom. The van der Waals surface area contributed by atoms with E-state index >= 15 is 0 Å². The van der Waals surface area contributed by atoms with Crippen LogP contribution in [0.2, 0.25) is 0 Å². The second-order valence-corrected chi connectivity index (χ2v) is 11.1. The molecular weight excluding hydrogens is 424 g/mol. The zero-order valence-corrected chi connectivity index (χ0v) is 20.4. The molecule has 5 atom stereocenters. The summed E-state index contributed by atoms with van der Waals surface area (Å²) in [5, 5.41) is 11.1. The monoisotopic (exact) mass is 456 g/mol. The number of fused-ring (bicyclic) bond motifs is 4. The molecular formula is C26H32O7. The van der Waals surface area contributed by atoms with Crippen LogP contribution in [0.4, 0.5) is 0 Å². The zero-order valence-electron chi connectivity index (χ0n) is 20.4. The lowest BCUT2D eigenvalue weighted by atomic mass is 9.36. The lowest BCUT2D eigenvalue weighted by molar-refractivity contribution is -0.186. The standard InChI is InChI=1S/C26H32O7/c1-14-16-13-22(5)15(2)26(20(30)32-8,19(29)24(7,31)18(22)28)23(16,6)11-12-25(14)10-9-17(27)33-21(25,3)4/h9-10,31H,2,11-13H2,1,3-8H3/t22-,23-,24-,25-,26+/m0/s1. The summed E-state index contributed by atoms with van der Waals surface area (Å²) in [5.74, 6) is -2.80. The van der Waals surface area contributed by atoms with E-state index in [1.807, 2.05) is 33.8 Å². The number of ketones is 2. The van der Waals surface area contributed by atoms with Crippen LogP contribution in [-0.4, -0.2) is 46.9 Å². The third-order valence-corrected chi connectivity index (χ3v) is 9.44. The van der Waals surface area contributed by atoms with Crippen molar-refractivity contribution in [1.82, 2.24) is 0 Å². The minimum absolute atomic E-state index is 0.184. The summed E-state index contributed by atoms with van der Waals surface area (Å²) in [5.41, 5.74) is -6.39. The van der Waals surface area contributed by atoms with Gasteiger partial charge < -0.3 is 14.6 Å². The molecule has 178 valence electrons. The van der Waals surface area contributed by atoms with Gasteiger partial charge in [-0.2, -0.15) is 0 Å². The number of carbonyl (C=O) groups excluding carboxylic acids is 4. The summed E-state index contributed by atoms with van der Waals surface area (Å²) in [4.78, 5) is 53.0. The van der Waals surface area contributed by atoms with E-state index in [0.717, 1.165) is 11.1 Å². The van der Waals surface area contributed by atoms with E-state index in [-0.39, 0.29) is 12.0 Å². The van der Waals surface area contributed by atoms with E-state index in [1.54, 1.807) is 6.92 Å². The fourth-order valence-corrected chi connectivity index (χ4v) is 7.37. The smallest absolute Gasteiger partial charge is 0.331 e. The van der Waals surface area contributed by atoms with Gasteiger partial charge in [0.15, 0.2) is 22.6 Å². The lowest BCUT2D eigenvalue weighted by Crippen LogP contribution is -2.74. The normalized spacial score (nSPS) is 44.0. The molecule has 0 aromatic carbocycles. The fourth-order valence-electron chi connectivity index (χ4n) is 7.37. The molecule has 1 heterocycles. The quantitative estimate of drug-likeness (QED) is 0.367. The molecule has 7 nitrogen and oxygen atoms in total. The molecule has 2 fully saturated rings. The van der Waals surface area contributed by atoms with Gasteiger partial charge in [0.05, 0.1) is 12.5 Å². The summed E-state index contributed by atoms with van der Waals surface area (Å²) in [7, 11) is 1.20. The first-order valence-electron chi connectivity index (χ1n) is 11.2. The number of Topliss-reactive ketones (excluding diaryl/α,β-unsaturated/α-hetero) is 2. The average Bonchev–Trinajstić information content (AvgIpc) is 2.73. The van der Waals surface area contributed by atoms with Crippen molar-refractivity contribution in [2.45, 2.75) is 72.0 Å². The van der Waals surface area contributed by atoms with Crippen LogP contribution >= 0.6 is 0 Å². The van der Waals surface area contributed by atoms with Crippen molar-refractivity contribution in [3.05, 3.63) is 35.5 Å². The van der Waals surface area contributed by atoms with E-state index in [9.17, 15) is 24.3 Å². The number of ether oxygens (including phenoxy) is 2. The van der Waals surface area contributed by atoms with E-state index in [0.29, 0.717) is 12.8 Å². The first kappa shape index (κ1) is 23.6. The third kappa shape index (κ3) is 2.29. The van der Waals surface area contributed by atoms with Crippen LogP contribution in [-0.2, 0) is 28.7 Å². The molecule has 3 aliphatic carbocycles. The maximum absolute atomic E-state index is 13.9. The Balaban J connectivity index is 2.11. The summed E-state index contributed by atoms with van der Waals surface area (Å²) >= 11 is 0. The average molecular weight is 457 g/mol. The number of hydrogen-bond acceptors (Lipinski definition) is 7. The highest BCUT2D eigenvalue weighted by Gasteiger charge is 2.78. The van der Waals surface area contributed by atoms with Gasteiger partial charge in [-0.3, -0.25) is 14.4 Å². The number of rotatable bonds is 1. The van der Waals surface area contributed by atoms with Crippen molar-refractivity contribution in [1.29, 1.82) is 0 Å². The molecule has 0 saturated heterocycles.